The lowest BCUT2D eigenvalue weighted by molar-refractivity contribution is -0.141. The van der Waals surface area contributed by atoms with Crippen LogP contribution >= 0.6 is 11.3 Å². The van der Waals surface area contributed by atoms with Crippen LogP contribution < -0.4 is 5.43 Å². The predicted molar refractivity (Wildman–Crippen MR) is 64.2 cm³/mol. The Morgan fingerprint density at radius 2 is 2.11 bits per heavy atom. The highest BCUT2D eigenvalue weighted by Gasteiger charge is 2.36. The Labute approximate surface area is 109 Å². The van der Waals surface area contributed by atoms with Crippen LogP contribution in [0.1, 0.15) is 23.0 Å². The standard InChI is InChI=1S/C8H6F3NO2.C3H3NS/c1-4(13)6-5(14)2-3-12-7(6)8(9,10)11;1-2-5-3-4-1/h2-3H,1H3,(H,12,14);1-3H. The Kier molecular flexibility index (Phi) is 4.99. The van der Waals surface area contributed by atoms with Crippen LogP contribution in [0.4, 0.5) is 13.2 Å². The second-order valence-corrected chi connectivity index (χ2v) is 4.08. The Bertz CT molecular complexity index is 574. The first-order valence-corrected chi connectivity index (χ1v) is 5.90. The van der Waals surface area contributed by atoms with Crippen LogP contribution in [-0.2, 0) is 6.18 Å². The summed E-state index contributed by atoms with van der Waals surface area (Å²) in [4.78, 5) is 27.4. The van der Waals surface area contributed by atoms with E-state index >= 15 is 0 Å². The monoisotopic (exact) mass is 290 g/mol. The fourth-order valence-corrected chi connectivity index (χ4v) is 1.58. The number of nitrogens with one attached hydrogen (secondary N) is 1. The smallest absolute Gasteiger partial charge is 0.357 e. The summed E-state index contributed by atoms with van der Waals surface area (Å²) < 4.78 is 36.8. The molecule has 2 aromatic heterocycles. The number of carbonyl (C=O) groups is 1. The van der Waals surface area contributed by atoms with E-state index in [-0.39, 0.29) is 0 Å². The normalized spacial score (nSPS) is 10.5. The minimum atomic E-state index is -4.72. The predicted octanol–water partition coefficient (Wildman–Crippen LogP) is 2.74. The van der Waals surface area contributed by atoms with Gasteiger partial charge in [-0.1, -0.05) is 0 Å². The maximum Gasteiger partial charge on any atom is 0.432 e. The van der Waals surface area contributed by atoms with Crippen molar-refractivity contribution in [2.45, 2.75) is 13.1 Å². The van der Waals surface area contributed by atoms with E-state index in [0.29, 0.717) is 0 Å². The number of ketones is 1. The molecular weight excluding hydrogens is 281 g/mol. The maximum atomic E-state index is 12.3. The van der Waals surface area contributed by atoms with Crippen LogP contribution in [0.2, 0.25) is 0 Å². The van der Waals surface area contributed by atoms with Crippen LogP contribution in [0.15, 0.2) is 34.1 Å². The number of thiazole rings is 1. The number of alkyl halides is 3. The van der Waals surface area contributed by atoms with Crippen molar-refractivity contribution in [1.29, 1.82) is 0 Å². The molecule has 0 spiro atoms. The van der Waals surface area contributed by atoms with Gasteiger partial charge in [-0.2, -0.15) is 13.2 Å². The first kappa shape index (κ1) is 15.1. The van der Waals surface area contributed by atoms with Crippen molar-refractivity contribution in [3.63, 3.8) is 0 Å². The van der Waals surface area contributed by atoms with E-state index in [9.17, 15) is 22.8 Å². The quantitative estimate of drug-likeness (QED) is 0.821. The molecule has 0 aromatic carbocycles. The highest BCUT2D eigenvalue weighted by molar-refractivity contribution is 7.07. The molecule has 0 radical (unpaired) electrons. The highest BCUT2D eigenvalue weighted by atomic mass is 32.1. The Morgan fingerprint density at radius 1 is 1.42 bits per heavy atom. The fraction of sp³-hybridized carbons (Fsp3) is 0.182. The van der Waals surface area contributed by atoms with Crippen molar-refractivity contribution in [2.24, 2.45) is 0 Å². The fourth-order valence-electron chi connectivity index (χ4n) is 1.23. The third-order valence-electron chi connectivity index (χ3n) is 1.94. The second-order valence-electron chi connectivity index (χ2n) is 3.32. The molecule has 0 saturated carbocycles. The molecular formula is C11H9F3N2O2S. The van der Waals surface area contributed by atoms with Crippen molar-refractivity contribution < 1.29 is 18.0 Å². The molecule has 0 aliphatic rings. The van der Waals surface area contributed by atoms with E-state index in [1.165, 1.54) is 0 Å². The van der Waals surface area contributed by atoms with Crippen LogP contribution in [0.25, 0.3) is 0 Å². The maximum absolute atomic E-state index is 12.3. The van der Waals surface area contributed by atoms with Crippen molar-refractivity contribution in [2.75, 3.05) is 0 Å². The van der Waals surface area contributed by atoms with Gasteiger partial charge in [0.25, 0.3) is 0 Å². The number of hydrogen-bond acceptors (Lipinski definition) is 4. The number of aromatic nitrogens is 2. The zero-order valence-corrected chi connectivity index (χ0v) is 10.5. The topological polar surface area (TPSA) is 62.8 Å². The van der Waals surface area contributed by atoms with Crippen LogP contribution in [0, 0.1) is 0 Å². The first-order valence-electron chi connectivity index (χ1n) is 4.96. The highest BCUT2D eigenvalue weighted by Crippen LogP contribution is 2.28. The van der Waals surface area contributed by atoms with Gasteiger partial charge < -0.3 is 4.98 Å². The number of Topliss-reactive ketones (excluding diaryl/α,β-unsaturated/α-hetero) is 1. The number of rotatable bonds is 1. The molecule has 102 valence electrons. The largest absolute Gasteiger partial charge is 0.432 e. The van der Waals surface area contributed by atoms with E-state index in [2.05, 4.69) is 4.98 Å². The van der Waals surface area contributed by atoms with E-state index in [1.54, 1.807) is 23.0 Å². The number of halogens is 3. The molecule has 0 bridgehead atoms. The van der Waals surface area contributed by atoms with Crippen molar-refractivity contribution in [3.05, 3.63) is 50.8 Å². The summed E-state index contributed by atoms with van der Waals surface area (Å²) in [5.74, 6) is -0.904. The summed E-state index contributed by atoms with van der Waals surface area (Å²) >= 11 is 1.60. The summed E-state index contributed by atoms with van der Waals surface area (Å²) in [6.45, 7) is 0.916. The molecule has 8 heteroatoms. The lowest BCUT2D eigenvalue weighted by atomic mass is 10.1. The molecule has 2 aromatic rings. The number of aromatic amines is 1. The van der Waals surface area contributed by atoms with Crippen LogP contribution in [0.3, 0.4) is 0 Å². The minimum Gasteiger partial charge on any atom is -0.357 e. The summed E-state index contributed by atoms with van der Waals surface area (Å²) in [6, 6.07) is 0.881. The third-order valence-corrected chi connectivity index (χ3v) is 2.46. The number of H-pyrrole nitrogens is 1. The SMILES string of the molecule is CC(=O)c1c(C(F)(F)F)[nH]ccc1=O.c1cscn1. The Morgan fingerprint density at radius 3 is 2.42 bits per heavy atom. The molecule has 4 nitrogen and oxygen atoms in total. The molecule has 19 heavy (non-hydrogen) atoms. The van der Waals surface area contributed by atoms with E-state index in [0.717, 1.165) is 19.2 Å². The third kappa shape index (κ3) is 4.32. The van der Waals surface area contributed by atoms with Gasteiger partial charge in [0, 0.05) is 23.8 Å². The Balaban J connectivity index is 0.000000300. The average Bonchev–Trinajstić information content (AvgIpc) is 2.85. The summed E-state index contributed by atoms with van der Waals surface area (Å²) in [7, 11) is 0. The number of hydrogen-bond donors (Lipinski definition) is 1. The van der Waals surface area contributed by atoms with E-state index in [1.807, 2.05) is 10.4 Å². The van der Waals surface area contributed by atoms with Crippen LogP contribution in [0.5, 0.6) is 0 Å². The number of pyridine rings is 1. The summed E-state index contributed by atoms with van der Waals surface area (Å²) in [5.41, 5.74) is -1.28. The van der Waals surface area contributed by atoms with E-state index < -0.39 is 28.6 Å². The van der Waals surface area contributed by atoms with Crippen molar-refractivity contribution in [3.8, 4) is 0 Å². The molecule has 0 unspecified atom stereocenters. The lowest BCUT2D eigenvalue weighted by Gasteiger charge is -2.08. The van der Waals surface area contributed by atoms with Gasteiger partial charge in [-0.25, -0.2) is 0 Å². The molecule has 2 rings (SSSR count). The van der Waals surface area contributed by atoms with Gasteiger partial charge in [0.1, 0.15) is 5.69 Å². The molecule has 0 fully saturated rings. The molecule has 0 amide bonds. The summed E-state index contributed by atoms with van der Waals surface area (Å²) in [6.07, 6.45) is -2.09. The van der Waals surface area contributed by atoms with Gasteiger partial charge in [0.2, 0.25) is 0 Å². The number of carbonyl (C=O) groups excluding carboxylic acids is 1. The van der Waals surface area contributed by atoms with Gasteiger partial charge in [-0.05, 0) is 6.92 Å². The Hall–Kier alpha value is -1.96. The molecule has 0 aliphatic carbocycles. The van der Waals surface area contributed by atoms with Crippen molar-refractivity contribution in [1.82, 2.24) is 9.97 Å². The van der Waals surface area contributed by atoms with E-state index in [4.69, 9.17) is 0 Å². The summed E-state index contributed by atoms with van der Waals surface area (Å²) in [5, 5.41) is 1.93. The molecule has 0 atom stereocenters. The minimum absolute atomic E-state index is 0.847. The molecule has 0 saturated heterocycles. The second kappa shape index (κ2) is 6.28. The van der Waals surface area contributed by atoms with Gasteiger partial charge >= 0.3 is 6.18 Å². The van der Waals surface area contributed by atoms with Gasteiger partial charge in [0.05, 0.1) is 11.1 Å². The van der Waals surface area contributed by atoms with Gasteiger partial charge in [-0.15, -0.1) is 11.3 Å². The molecule has 2 heterocycles. The lowest BCUT2D eigenvalue weighted by Crippen LogP contribution is -2.22. The van der Waals surface area contributed by atoms with Crippen LogP contribution in [-0.4, -0.2) is 15.8 Å². The molecule has 0 aliphatic heterocycles. The first-order chi connectivity index (χ1) is 8.84. The number of nitrogens with zero attached hydrogens (tertiary/aromatic N) is 1. The van der Waals surface area contributed by atoms with Gasteiger partial charge in [0.15, 0.2) is 11.2 Å². The zero-order valence-electron chi connectivity index (χ0n) is 9.69. The zero-order chi connectivity index (χ0) is 14.5. The molecule has 1 N–H and O–H groups in total. The average molecular weight is 290 g/mol. The van der Waals surface area contributed by atoms with Gasteiger partial charge in [-0.3, -0.25) is 14.6 Å². The van der Waals surface area contributed by atoms with Crippen molar-refractivity contribution >= 4 is 17.1 Å².